The van der Waals surface area contributed by atoms with Crippen LogP contribution in [0.15, 0.2) is 54.6 Å². The summed E-state index contributed by atoms with van der Waals surface area (Å²) < 4.78 is 47.3. The number of carbonyl (C=O) groups is 1. The molecule has 3 aromatic carbocycles. The van der Waals surface area contributed by atoms with Crippen LogP contribution < -0.4 is 18.9 Å². The highest BCUT2D eigenvalue weighted by atomic mass is 19.1. The Morgan fingerprint density at radius 1 is 0.970 bits per heavy atom. The predicted molar refractivity (Wildman–Crippen MR) is 116 cm³/mol. The SMILES string of the molecule is COc1cc(OC)c(C(=O)OCc2cc(F)cc3c2O[C@@H](c2ccccc2)OC3)cc1OC. The molecule has 0 fully saturated rings. The largest absolute Gasteiger partial charge is 0.496 e. The Morgan fingerprint density at radius 3 is 2.36 bits per heavy atom. The van der Waals surface area contributed by atoms with Gasteiger partial charge in [-0.25, -0.2) is 9.18 Å². The summed E-state index contributed by atoms with van der Waals surface area (Å²) in [6.07, 6.45) is -0.649. The van der Waals surface area contributed by atoms with Gasteiger partial charge in [0.1, 0.15) is 29.5 Å². The molecule has 1 heterocycles. The standard InChI is InChI=1S/C25H23FO7/c1-28-20-12-22(30-3)21(29-2)11-19(20)24(27)31-13-16-9-18(26)10-17-14-32-25(33-23(16)17)15-7-5-4-6-8-15/h4-12,25H,13-14H2,1-3H3/t25-/m0/s1. The van der Waals surface area contributed by atoms with Crippen molar-refractivity contribution < 1.29 is 37.6 Å². The Morgan fingerprint density at radius 2 is 1.67 bits per heavy atom. The normalized spacial score (nSPS) is 14.6. The molecule has 0 bridgehead atoms. The number of methoxy groups -OCH3 is 3. The van der Waals surface area contributed by atoms with Crippen LogP contribution in [0.4, 0.5) is 4.39 Å². The van der Waals surface area contributed by atoms with Gasteiger partial charge < -0.3 is 28.4 Å². The molecule has 4 rings (SSSR count). The summed E-state index contributed by atoms with van der Waals surface area (Å²) >= 11 is 0. The van der Waals surface area contributed by atoms with E-state index in [0.717, 1.165) is 5.56 Å². The average molecular weight is 454 g/mol. The molecule has 0 saturated carbocycles. The molecule has 0 amide bonds. The summed E-state index contributed by atoms with van der Waals surface area (Å²) in [5.74, 6) is 0.299. The monoisotopic (exact) mass is 454 g/mol. The van der Waals surface area contributed by atoms with Gasteiger partial charge in [-0.05, 0) is 12.1 Å². The molecule has 1 aliphatic heterocycles. The van der Waals surface area contributed by atoms with Crippen LogP contribution in [0, 0.1) is 5.82 Å². The lowest BCUT2D eigenvalue weighted by Gasteiger charge is -2.28. The third-order valence-corrected chi connectivity index (χ3v) is 5.18. The number of benzene rings is 3. The second kappa shape index (κ2) is 9.79. The number of esters is 1. The van der Waals surface area contributed by atoms with Crippen LogP contribution in [0.5, 0.6) is 23.0 Å². The van der Waals surface area contributed by atoms with Crippen molar-refractivity contribution in [2.75, 3.05) is 21.3 Å². The molecule has 3 aromatic rings. The second-order valence-electron chi connectivity index (χ2n) is 7.21. The first-order valence-corrected chi connectivity index (χ1v) is 10.2. The van der Waals surface area contributed by atoms with E-state index in [-0.39, 0.29) is 24.5 Å². The van der Waals surface area contributed by atoms with Crippen molar-refractivity contribution in [3.8, 4) is 23.0 Å². The van der Waals surface area contributed by atoms with Crippen molar-refractivity contribution in [2.45, 2.75) is 19.5 Å². The molecule has 172 valence electrons. The summed E-state index contributed by atoms with van der Waals surface area (Å²) in [6.45, 7) is -0.0466. The molecule has 8 heteroatoms. The maximum Gasteiger partial charge on any atom is 0.342 e. The van der Waals surface area contributed by atoms with Crippen LogP contribution in [0.2, 0.25) is 0 Å². The van der Waals surface area contributed by atoms with Gasteiger partial charge in [0.2, 0.25) is 6.29 Å². The highest BCUT2D eigenvalue weighted by molar-refractivity contribution is 5.93. The highest BCUT2D eigenvalue weighted by Gasteiger charge is 2.26. The van der Waals surface area contributed by atoms with Crippen LogP contribution in [0.1, 0.15) is 33.3 Å². The molecular weight excluding hydrogens is 431 g/mol. The van der Waals surface area contributed by atoms with Crippen molar-refractivity contribution in [3.63, 3.8) is 0 Å². The smallest absolute Gasteiger partial charge is 0.342 e. The van der Waals surface area contributed by atoms with Crippen LogP contribution in [0.3, 0.4) is 0 Å². The first-order chi connectivity index (χ1) is 16.0. The van der Waals surface area contributed by atoms with Crippen LogP contribution >= 0.6 is 0 Å². The van der Waals surface area contributed by atoms with E-state index in [0.29, 0.717) is 28.4 Å². The lowest BCUT2D eigenvalue weighted by atomic mass is 10.1. The summed E-state index contributed by atoms with van der Waals surface area (Å²) in [7, 11) is 4.37. The third kappa shape index (κ3) is 4.70. The van der Waals surface area contributed by atoms with E-state index in [1.165, 1.54) is 45.6 Å². The molecule has 7 nitrogen and oxygen atoms in total. The molecule has 1 aliphatic rings. The van der Waals surface area contributed by atoms with Gasteiger partial charge in [-0.3, -0.25) is 0 Å². The number of rotatable bonds is 7. The van der Waals surface area contributed by atoms with Crippen LogP contribution in [-0.4, -0.2) is 27.3 Å². The van der Waals surface area contributed by atoms with Crippen molar-refractivity contribution in [3.05, 3.63) is 82.7 Å². The van der Waals surface area contributed by atoms with Gasteiger partial charge in [-0.1, -0.05) is 30.3 Å². The lowest BCUT2D eigenvalue weighted by molar-refractivity contribution is -0.112. The number of ether oxygens (including phenoxy) is 6. The van der Waals surface area contributed by atoms with E-state index in [1.54, 1.807) is 0 Å². The van der Waals surface area contributed by atoms with E-state index in [1.807, 2.05) is 30.3 Å². The van der Waals surface area contributed by atoms with Gasteiger partial charge in [0.15, 0.2) is 11.5 Å². The molecule has 33 heavy (non-hydrogen) atoms. The summed E-state index contributed by atoms with van der Waals surface area (Å²) in [5.41, 5.74) is 1.90. The fraction of sp³-hybridized carbons (Fsp3) is 0.240. The van der Waals surface area contributed by atoms with E-state index >= 15 is 0 Å². The van der Waals surface area contributed by atoms with Crippen molar-refractivity contribution in [1.82, 2.24) is 0 Å². The predicted octanol–water partition coefficient (Wildman–Crippen LogP) is 4.82. The number of halogens is 1. The van der Waals surface area contributed by atoms with E-state index < -0.39 is 18.1 Å². The number of hydrogen-bond acceptors (Lipinski definition) is 7. The second-order valence-corrected chi connectivity index (χ2v) is 7.21. The zero-order valence-corrected chi connectivity index (χ0v) is 18.4. The summed E-state index contributed by atoms with van der Waals surface area (Å²) in [4.78, 5) is 12.8. The first-order valence-electron chi connectivity index (χ1n) is 10.2. The highest BCUT2D eigenvalue weighted by Crippen LogP contribution is 2.38. The molecule has 0 N–H and O–H groups in total. The minimum Gasteiger partial charge on any atom is -0.496 e. The van der Waals surface area contributed by atoms with E-state index in [9.17, 15) is 9.18 Å². The molecule has 0 saturated heterocycles. The van der Waals surface area contributed by atoms with Gasteiger partial charge in [0.25, 0.3) is 0 Å². The van der Waals surface area contributed by atoms with Gasteiger partial charge in [0.05, 0.1) is 27.9 Å². The molecule has 0 aliphatic carbocycles. The Hall–Kier alpha value is -3.78. The lowest BCUT2D eigenvalue weighted by Crippen LogP contribution is -2.20. The fourth-order valence-electron chi connectivity index (χ4n) is 3.57. The molecule has 0 unspecified atom stereocenters. The van der Waals surface area contributed by atoms with Gasteiger partial charge >= 0.3 is 5.97 Å². The Kier molecular flexibility index (Phi) is 6.65. The van der Waals surface area contributed by atoms with Crippen LogP contribution in [0.25, 0.3) is 0 Å². The van der Waals surface area contributed by atoms with Crippen molar-refractivity contribution >= 4 is 5.97 Å². The van der Waals surface area contributed by atoms with E-state index in [2.05, 4.69) is 0 Å². The fourth-order valence-corrected chi connectivity index (χ4v) is 3.57. The van der Waals surface area contributed by atoms with Crippen molar-refractivity contribution in [2.24, 2.45) is 0 Å². The average Bonchev–Trinajstić information content (AvgIpc) is 2.86. The molecule has 1 atom stereocenters. The van der Waals surface area contributed by atoms with Gasteiger partial charge in [-0.15, -0.1) is 0 Å². The van der Waals surface area contributed by atoms with E-state index in [4.69, 9.17) is 28.4 Å². The van der Waals surface area contributed by atoms with Crippen LogP contribution in [-0.2, 0) is 22.7 Å². The summed E-state index contributed by atoms with van der Waals surface area (Å²) in [6, 6.07) is 15.0. The number of carbonyl (C=O) groups excluding carboxylic acids is 1. The molecule has 0 spiro atoms. The molecule has 0 radical (unpaired) electrons. The number of hydrogen-bond donors (Lipinski definition) is 0. The minimum absolute atomic E-state index is 0.145. The first kappa shape index (κ1) is 22.4. The number of fused-ring (bicyclic) bond motifs is 1. The Labute approximate surface area is 190 Å². The maximum absolute atomic E-state index is 14.2. The Balaban J connectivity index is 1.57. The zero-order valence-electron chi connectivity index (χ0n) is 18.4. The minimum atomic E-state index is -0.669. The third-order valence-electron chi connectivity index (χ3n) is 5.18. The van der Waals surface area contributed by atoms with Gasteiger partial charge in [-0.2, -0.15) is 0 Å². The molecular formula is C25H23FO7. The Bertz CT molecular complexity index is 1150. The maximum atomic E-state index is 14.2. The summed E-state index contributed by atoms with van der Waals surface area (Å²) in [5, 5.41) is 0. The zero-order chi connectivity index (χ0) is 23.4. The van der Waals surface area contributed by atoms with Crippen molar-refractivity contribution in [1.29, 1.82) is 0 Å². The quantitative estimate of drug-likeness (QED) is 0.474. The van der Waals surface area contributed by atoms with Gasteiger partial charge in [0, 0.05) is 28.8 Å². The topological polar surface area (TPSA) is 72.5 Å². The molecule has 0 aromatic heterocycles.